The summed E-state index contributed by atoms with van der Waals surface area (Å²) >= 11 is 1.97. The highest BCUT2D eigenvalue weighted by atomic mass is 32.2. The zero-order valence-electron chi connectivity index (χ0n) is 7.39. The lowest BCUT2D eigenvalue weighted by Gasteiger charge is -2.11. The molecular weight excluding hydrogens is 154 g/mol. The van der Waals surface area contributed by atoms with Crippen molar-refractivity contribution in [2.45, 2.75) is 25.8 Å². The zero-order chi connectivity index (χ0) is 8.53. The fraction of sp³-hybridized carbons (Fsp3) is 0.778. The summed E-state index contributed by atoms with van der Waals surface area (Å²) in [4.78, 5) is 0. The molecule has 0 aliphatic rings. The van der Waals surface area contributed by atoms with Gasteiger partial charge in [-0.2, -0.15) is 11.8 Å². The van der Waals surface area contributed by atoms with Crippen molar-refractivity contribution in [1.82, 2.24) is 5.32 Å². The van der Waals surface area contributed by atoms with Crippen LogP contribution in [-0.2, 0) is 0 Å². The van der Waals surface area contributed by atoms with Crippen LogP contribution in [0.4, 0.5) is 0 Å². The number of terminal acetylenes is 1. The molecule has 0 aromatic heterocycles. The van der Waals surface area contributed by atoms with E-state index >= 15 is 0 Å². The molecule has 2 heteroatoms. The highest BCUT2D eigenvalue weighted by molar-refractivity contribution is 7.99. The lowest BCUT2D eigenvalue weighted by atomic mass is 10.2. The maximum Gasteiger partial charge on any atom is 0.0264 e. The van der Waals surface area contributed by atoms with Gasteiger partial charge in [0.25, 0.3) is 0 Å². The fourth-order valence-corrected chi connectivity index (χ4v) is 1.78. The molecule has 64 valence electrons. The molecule has 0 aromatic rings. The van der Waals surface area contributed by atoms with Gasteiger partial charge in [0.1, 0.15) is 0 Å². The van der Waals surface area contributed by atoms with Crippen molar-refractivity contribution in [3.05, 3.63) is 0 Å². The van der Waals surface area contributed by atoms with E-state index < -0.39 is 0 Å². The Hall–Kier alpha value is -0.130. The van der Waals surface area contributed by atoms with Crippen LogP contribution in [0.2, 0.25) is 0 Å². The predicted molar refractivity (Wildman–Crippen MR) is 53.9 cm³/mol. The minimum atomic E-state index is 0.497. The van der Waals surface area contributed by atoms with Crippen LogP contribution in [0.3, 0.4) is 0 Å². The summed E-state index contributed by atoms with van der Waals surface area (Å²) in [6.07, 6.45) is 7.30. The van der Waals surface area contributed by atoms with Crippen LogP contribution >= 0.6 is 11.8 Å². The Kier molecular flexibility index (Phi) is 7.88. The Labute approximate surface area is 74.3 Å². The molecule has 1 nitrogen and oxygen atoms in total. The summed E-state index contributed by atoms with van der Waals surface area (Å²) in [5.74, 6) is 5.04. The SMILES string of the molecule is C#CCC(CSCCC)NC. The number of hydrogen-bond acceptors (Lipinski definition) is 2. The van der Waals surface area contributed by atoms with Gasteiger partial charge >= 0.3 is 0 Å². The van der Waals surface area contributed by atoms with Gasteiger partial charge in [0.2, 0.25) is 0 Å². The van der Waals surface area contributed by atoms with Crippen LogP contribution in [0.15, 0.2) is 0 Å². The number of rotatable bonds is 6. The van der Waals surface area contributed by atoms with Gasteiger partial charge in [0, 0.05) is 18.2 Å². The molecule has 1 unspecified atom stereocenters. The number of thioether (sulfide) groups is 1. The van der Waals surface area contributed by atoms with Crippen LogP contribution in [0.5, 0.6) is 0 Å². The monoisotopic (exact) mass is 171 g/mol. The highest BCUT2D eigenvalue weighted by Gasteiger charge is 2.02. The third-order valence-corrected chi connectivity index (χ3v) is 2.77. The highest BCUT2D eigenvalue weighted by Crippen LogP contribution is 2.05. The normalized spacial score (nSPS) is 12.5. The van der Waals surface area contributed by atoms with Gasteiger partial charge < -0.3 is 5.32 Å². The first-order valence-corrected chi connectivity index (χ1v) is 5.19. The summed E-state index contributed by atoms with van der Waals surface area (Å²) in [6, 6.07) is 0.497. The maximum atomic E-state index is 5.21. The van der Waals surface area contributed by atoms with Gasteiger partial charge in [-0.3, -0.25) is 0 Å². The second-order valence-corrected chi connectivity index (χ2v) is 3.62. The summed E-state index contributed by atoms with van der Waals surface area (Å²) in [5.41, 5.74) is 0. The number of hydrogen-bond donors (Lipinski definition) is 1. The molecular formula is C9H17NS. The Morgan fingerprint density at radius 1 is 1.64 bits per heavy atom. The van der Waals surface area contributed by atoms with Crippen molar-refractivity contribution < 1.29 is 0 Å². The molecule has 0 heterocycles. The molecule has 0 aliphatic carbocycles. The van der Waals surface area contributed by atoms with E-state index in [0.717, 1.165) is 12.2 Å². The molecule has 0 amide bonds. The molecule has 1 atom stereocenters. The number of nitrogens with one attached hydrogen (secondary N) is 1. The lowest BCUT2D eigenvalue weighted by molar-refractivity contribution is 0.637. The van der Waals surface area contributed by atoms with E-state index in [4.69, 9.17) is 6.42 Å². The van der Waals surface area contributed by atoms with Gasteiger partial charge in [0.15, 0.2) is 0 Å². The minimum Gasteiger partial charge on any atom is -0.315 e. The molecule has 0 saturated heterocycles. The molecule has 0 spiro atoms. The van der Waals surface area contributed by atoms with Crippen molar-refractivity contribution in [2.75, 3.05) is 18.6 Å². The molecule has 1 N–H and O–H groups in total. The minimum absolute atomic E-state index is 0.497. The van der Waals surface area contributed by atoms with Gasteiger partial charge in [-0.1, -0.05) is 6.92 Å². The molecule has 0 aromatic carbocycles. The molecule has 0 bridgehead atoms. The van der Waals surface area contributed by atoms with Gasteiger partial charge in [-0.15, -0.1) is 12.3 Å². The van der Waals surface area contributed by atoms with Crippen molar-refractivity contribution in [3.63, 3.8) is 0 Å². The topological polar surface area (TPSA) is 12.0 Å². The van der Waals surface area contributed by atoms with Gasteiger partial charge in [-0.25, -0.2) is 0 Å². The Morgan fingerprint density at radius 3 is 2.82 bits per heavy atom. The van der Waals surface area contributed by atoms with E-state index in [2.05, 4.69) is 18.2 Å². The summed E-state index contributed by atoms with van der Waals surface area (Å²) in [6.45, 7) is 2.20. The van der Waals surface area contributed by atoms with Gasteiger partial charge in [-0.05, 0) is 19.2 Å². The van der Waals surface area contributed by atoms with E-state index in [9.17, 15) is 0 Å². The molecule has 11 heavy (non-hydrogen) atoms. The van der Waals surface area contributed by atoms with Crippen LogP contribution < -0.4 is 5.32 Å². The van der Waals surface area contributed by atoms with E-state index in [-0.39, 0.29) is 0 Å². The average molecular weight is 171 g/mol. The summed E-state index contributed by atoms with van der Waals surface area (Å²) in [7, 11) is 1.97. The first-order chi connectivity index (χ1) is 5.35. The average Bonchev–Trinajstić information content (AvgIpc) is 2.03. The fourth-order valence-electron chi connectivity index (χ4n) is 0.757. The van der Waals surface area contributed by atoms with Crippen molar-refractivity contribution >= 4 is 11.8 Å². The zero-order valence-corrected chi connectivity index (χ0v) is 8.21. The lowest BCUT2D eigenvalue weighted by Crippen LogP contribution is -2.27. The quantitative estimate of drug-likeness (QED) is 0.482. The smallest absolute Gasteiger partial charge is 0.0264 e. The Bertz CT molecular complexity index is 117. The largest absolute Gasteiger partial charge is 0.315 e. The molecule has 0 aliphatic heterocycles. The van der Waals surface area contributed by atoms with E-state index in [1.807, 2.05) is 18.8 Å². The predicted octanol–water partition coefficient (Wildman–Crippen LogP) is 1.74. The molecule has 0 rings (SSSR count). The third kappa shape index (κ3) is 6.28. The molecule has 0 saturated carbocycles. The van der Waals surface area contributed by atoms with Crippen LogP contribution in [0.25, 0.3) is 0 Å². The van der Waals surface area contributed by atoms with E-state index in [0.29, 0.717) is 6.04 Å². The summed E-state index contributed by atoms with van der Waals surface area (Å²) in [5, 5.41) is 3.20. The molecule has 0 fully saturated rings. The summed E-state index contributed by atoms with van der Waals surface area (Å²) < 4.78 is 0. The third-order valence-electron chi connectivity index (χ3n) is 1.44. The second kappa shape index (κ2) is 7.97. The van der Waals surface area contributed by atoms with E-state index in [1.54, 1.807) is 0 Å². The second-order valence-electron chi connectivity index (χ2n) is 2.47. The Balaban J connectivity index is 3.30. The van der Waals surface area contributed by atoms with E-state index in [1.165, 1.54) is 12.2 Å². The maximum absolute atomic E-state index is 5.21. The van der Waals surface area contributed by atoms with Gasteiger partial charge in [0.05, 0.1) is 0 Å². The van der Waals surface area contributed by atoms with Crippen molar-refractivity contribution in [1.29, 1.82) is 0 Å². The molecule has 0 radical (unpaired) electrons. The van der Waals surface area contributed by atoms with Crippen LogP contribution in [0, 0.1) is 12.3 Å². The van der Waals surface area contributed by atoms with Crippen LogP contribution in [0.1, 0.15) is 19.8 Å². The van der Waals surface area contributed by atoms with Crippen LogP contribution in [-0.4, -0.2) is 24.6 Å². The first kappa shape index (κ1) is 10.9. The standard InChI is InChI=1S/C9H17NS/c1-4-6-9(10-3)8-11-7-5-2/h1,9-10H,5-8H2,2-3H3. The van der Waals surface area contributed by atoms with Crippen molar-refractivity contribution in [2.24, 2.45) is 0 Å². The Morgan fingerprint density at radius 2 is 2.36 bits per heavy atom. The van der Waals surface area contributed by atoms with Crippen molar-refractivity contribution in [3.8, 4) is 12.3 Å². The first-order valence-electron chi connectivity index (χ1n) is 4.03.